The Morgan fingerprint density at radius 3 is 2.82 bits per heavy atom. The fourth-order valence-electron chi connectivity index (χ4n) is 5.69. The lowest BCUT2D eigenvalue weighted by atomic mass is 9.59. The first-order chi connectivity index (χ1) is 7.96. The van der Waals surface area contributed by atoms with Crippen molar-refractivity contribution in [2.75, 3.05) is 0 Å². The molecule has 7 unspecified atom stereocenters. The minimum absolute atomic E-state index is 0.0666. The second kappa shape index (κ2) is 2.73. The minimum Gasteiger partial charge on any atom is -0.461 e. The Bertz CT molecular complexity index is 404. The Kier molecular flexibility index (Phi) is 1.67. The van der Waals surface area contributed by atoms with Crippen LogP contribution >= 0.6 is 0 Å². The van der Waals surface area contributed by atoms with E-state index in [1.807, 2.05) is 0 Å². The number of esters is 1. The van der Waals surface area contributed by atoms with Crippen molar-refractivity contribution in [2.24, 2.45) is 34.5 Å². The van der Waals surface area contributed by atoms with Gasteiger partial charge in [0.05, 0.1) is 5.92 Å². The highest BCUT2D eigenvalue weighted by atomic mass is 16.6. The van der Waals surface area contributed by atoms with Crippen LogP contribution in [-0.2, 0) is 9.53 Å². The zero-order valence-corrected chi connectivity index (χ0v) is 11.0. The van der Waals surface area contributed by atoms with E-state index in [0.29, 0.717) is 22.7 Å². The maximum absolute atomic E-state index is 11.8. The third-order valence-corrected chi connectivity index (χ3v) is 6.70. The minimum atomic E-state index is 0.0666. The lowest BCUT2D eigenvalue weighted by Gasteiger charge is -2.46. The van der Waals surface area contributed by atoms with E-state index in [0.717, 1.165) is 5.92 Å². The molecule has 3 aliphatic carbocycles. The molecule has 94 valence electrons. The smallest absolute Gasteiger partial charge is 0.309 e. The van der Waals surface area contributed by atoms with Gasteiger partial charge in [-0.15, -0.1) is 0 Å². The highest BCUT2D eigenvalue weighted by Crippen LogP contribution is 2.76. The highest BCUT2D eigenvalue weighted by Gasteiger charge is 2.72. The topological polar surface area (TPSA) is 26.3 Å². The molecule has 4 fully saturated rings. The summed E-state index contributed by atoms with van der Waals surface area (Å²) >= 11 is 0. The van der Waals surface area contributed by atoms with Crippen molar-refractivity contribution in [1.82, 2.24) is 0 Å². The summed E-state index contributed by atoms with van der Waals surface area (Å²) in [4.78, 5) is 11.8. The molecule has 0 spiro atoms. The number of ether oxygens (including phenoxy) is 1. The van der Waals surface area contributed by atoms with Crippen LogP contribution < -0.4 is 0 Å². The standard InChI is InChI=1S/C15H22O2/c1-8-10-4-5-14(2)6-9-7-15(9,3)12(14)11(10)17-13(8)16/h8-12H,4-7H2,1-3H3. The third kappa shape index (κ3) is 1.06. The summed E-state index contributed by atoms with van der Waals surface area (Å²) < 4.78 is 5.78. The first kappa shape index (κ1) is 10.4. The molecule has 4 aliphatic rings. The molecule has 2 heteroatoms. The van der Waals surface area contributed by atoms with Gasteiger partial charge in [-0.05, 0) is 42.4 Å². The van der Waals surface area contributed by atoms with Crippen LogP contribution in [0.2, 0.25) is 0 Å². The predicted molar refractivity (Wildman–Crippen MR) is 64.2 cm³/mol. The van der Waals surface area contributed by atoms with E-state index in [1.165, 1.54) is 25.7 Å². The molecule has 0 aromatic heterocycles. The molecular weight excluding hydrogens is 212 g/mol. The van der Waals surface area contributed by atoms with Crippen molar-refractivity contribution < 1.29 is 9.53 Å². The van der Waals surface area contributed by atoms with Crippen LogP contribution in [0, 0.1) is 34.5 Å². The van der Waals surface area contributed by atoms with Crippen LogP contribution in [0.15, 0.2) is 0 Å². The van der Waals surface area contributed by atoms with Gasteiger partial charge < -0.3 is 4.74 Å². The van der Waals surface area contributed by atoms with Gasteiger partial charge >= 0.3 is 5.97 Å². The average molecular weight is 234 g/mol. The van der Waals surface area contributed by atoms with Crippen LogP contribution in [0.4, 0.5) is 0 Å². The van der Waals surface area contributed by atoms with Gasteiger partial charge in [0.25, 0.3) is 0 Å². The molecule has 0 radical (unpaired) electrons. The van der Waals surface area contributed by atoms with Gasteiger partial charge in [0.15, 0.2) is 0 Å². The maximum atomic E-state index is 11.8. The molecule has 0 bridgehead atoms. The van der Waals surface area contributed by atoms with Gasteiger partial charge in [0.1, 0.15) is 6.10 Å². The summed E-state index contributed by atoms with van der Waals surface area (Å²) in [6.07, 6.45) is 5.51. The van der Waals surface area contributed by atoms with Crippen molar-refractivity contribution in [3.05, 3.63) is 0 Å². The third-order valence-electron chi connectivity index (χ3n) is 6.70. The number of fused-ring (bicyclic) bond motifs is 5. The Balaban J connectivity index is 1.74. The second-order valence-electron chi connectivity index (χ2n) is 7.64. The molecular formula is C15H22O2. The average Bonchev–Trinajstić information content (AvgIpc) is 2.68. The number of hydrogen-bond donors (Lipinski definition) is 0. The summed E-state index contributed by atoms with van der Waals surface area (Å²) in [7, 11) is 0. The molecule has 0 N–H and O–H groups in total. The van der Waals surface area contributed by atoms with Crippen LogP contribution in [0.3, 0.4) is 0 Å². The molecule has 1 aliphatic heterocycles. The SMILES string of the molecule is CC1C(=O)OC2C1CCC1(C)CC3CC3(C)C21. The first-order valence-electron chi connectivity index (χ1n) is 7.16. The van der Waals surface area contributed by atoms with E-state index in [4.69, 9.17) is 4.74 Å². The van der Waals surface area contributed by atoms with Crippen LogP contribution in [0.5, 0.6) is 0 Å². The fourth-order valence-corrected chi connectivity index (χ4v) is 5.69. The molecule has 0 aromatic carbocycles. The Labute approximate surface area is 103 Å². The van der Waals surface area contributed by atoms with Crippen molar-refractivity contribution in [3.8, 4) is 0 Å². The van der Waals surface area contributed by atoms with Crippen molar-refractivity contribution >= 4 is 5.97 Å². The van der Waals surface area contributed by atoms with Gasteiger partial charge in [-0.2, -0.15) is 0 Å². The quantitative estimate of drug-likeness (QED) is 0.602. The number of carbonyl (C=O) groups excluding carboxylic acids is 1. The van der Waals surface area contributed by atoms with Crippen LogP contribution in [0.25, 0.3) is 0 Å². The zero-order valence-electron chi connectivity index (χ0n) is 11.0. The number of hydrogen-bond acceptors (Lipinski definition) is 2. The van der Waals surface area contributed by atoms with E-state index in [1.54, 1.807) is 0 Å². The summed E-state index contributed by atoms with van der Waals surface area (Å²) in [6.45, 7) is 6.95. The Morgan fingerprint density at radius 2 is 2.06 bits per heavy atom. The maximum Gasteiger partial charge on any atom is 0.309 e. The lowest BCUT2D eigenvalue weighted by molar-refractivity contribution is -0.149. The van der Waals surface area contributed by atoms with Gasteiger partial charge in [-0.1, -0.05) is 20.8 Å². The Hall–Kier alpha value is -0.530. The van der Waals surface area contributed by atoms with E-state index < -0.39 is 0 Å². The summed E-state index contributed by atoms with van der Waals surface area (Å²) in [5.74, 6) is 2.29. The van der Waals surface area contributed by atoms with E-state index in [9.17, 15) is 4.79 Å². The summed E-state index contributed by atoms with van der Waals surface area (Å²) in [6, 6.07) is 0. The first-order valence-corrected chi connectivity index (χ1v) is 7.16. The molecule has 1 saturated heterocycles. The van der Waals surface area contributed by atoms with Crippen molar-refractivity contribution in [3.63, 3.8) is 0 Å². The number of rotatable bonds is 0. The molecule has 0 amide bonds. The molecule has 1 heterocycles. The lowest BCUT2D eigenvalue weighted by Crippen LogP contribution is -2.45. The van der Waals surface area contributed by atoms with Crippen LogP contribution in [0.1, 0.15) is 46.5 Å². The van der Waals surface area contributed by atoms with Gasteiger partial charge in [0, 0.05) is 11.8 Å². The zero-order chi connectivity index (χ0) is 12.0. The Morgan fingerprint density at radius 1 is 1.29 bits per heavy atom. The largest absolute Gasteiger partial charge is 0.461 e. The van der Waals surface area contributed by atoms with Gasteiger partial charge in [0.2, 0.25) is 0 Å². The monoisotopic (exact) mass is 234 g/mol. The van der Waals surface area contributed by atoms with E-state index in [-0.39, 0.29) is 18.0 Å². The molecule has 4 rings (SSSR count). The highest BCUT2D eigenvalue weighted by molar-refractivity contribution is 5.75. The normalized spacial score (nSPS) is 63.7. The van der Waals surface area contributed by atoms with Crippen LogP contribution in [-0.4, -0.2) is 12.1 Å². The number of carbonyl (C=O) groups is 1. The van der Waals surface area contributed by atoms with E-state index in [2.05, 4.69) is 20.8 Å². The van der Waals surface area contributed by atoms with Gasteiger partial charge in [-0.25, -0.2) is 0 Å². The molecule has 7 atom stereocenters. The predicted octanol–water partition coefficient (Wildman–Crippen LogP) is 3.01. The summed E-state index contributed by atoms with van der Waals surface area (Å²) in [5, 5.41) is 0. The second-order valence-corrected chi connectivity index (χ2v) is 7.64. The van der Waals surface area contributed by atoms with E-state index >= 15 is 0 Å². The molecule has 17 heavy (non-hydrogen) atoms. The fraction of sp³-hybridized carbons (Fsp3) is 0.933. The van der Waals surface area contributed by atoms with Crippen molar-refractivity contribution in [2.45, 2.75) is 52.6 Å². The molecule has 2 nitrogen and oxygen atoms in total. The summed E-state index contributed by atoms with van der Waals surface area (Å²) in [5.41, 5.74) is 0.964. The van der Waals surface area contributed by atoms with Gasteiger partial charge in [-0.3, -0.25) is 4.79 Å². The molecule has 3 saturated carbocycles. The van der Waals surface area contributed by atoms with Crippen molar-refractivity contribution in [1.29, 1.82) is 0 Å². The molecule has 0 aromatic rings.